The summed E-state index contributed by atoms with van der Waals surface area (Å²) in [4.78, 5) is 7.07. The lowest BCUT2D eigenvalue weighted by Crippen LogP contribution is -2.24. The summed E-state index contributed by atoms with van der Waals surface area (Å²) in [5.41, 5.74) is 1.39. The molecule has 0 bridgehead atoms. The molecule has 0 radical (unpaired) electrons. The van der Waals surface area contributed by atoms with E-state index in [0.29, 0.717) is 6.04 Å². The number of likely N-dealkylation sites (tertiary alicyclic amines) is 1. The first-order chi connectivity index (χ1) is 7.85. The van der Waals surface area contributed by atoms with Crippen LogP contribution in [0.1, 0.15) is 37.8 Å². The van der Waals surface area contributed by atoms with Crippen molar-refractivity contribution in [2.45, 2.75) is 37.3 Å². The van der Waals surface area contributed by atoms with Crippen LogP contribution in [-0.4, -0.2) is 29.2 Å². The molecule has 3 heteroatoms. The Morgan fingerprint density at radius 2 is 2.38 bits per heavy atom. The van der Waals surface area contributed by atoms with E-state index in [0.717, 1.165) is 5.03 Å². The molecule has 1 atom stereocenters. The van der Waals surface area contributed by atoms with Gasteiger partial charge in [0.1, 0.15) is 0 Å². The largest absolute Gasteiger partial charge is 0.296 e. The molecule has 1 aromatic rings. The summed E-state index contributed by atoms with van der Waals surface area (Å²) in [5.74, 6) is 0. The van der Waals surface area contributed by atoms with Crippen LogP contribution in [0.15, 0.2) is 23.4 Å². The van der Waals surface area contributed by atoms with Gasteiger partial charge in [0, 0.05) is 12.2 Å². The zero-order chi connectivity index (χ0) is 11.4. The maximum absolute atomic E-state index is 4.47. The number of hydrogen-bond donors (Lipinski definition) is 0. The fraction of sp³-hybridized carbons (Fsp3) is 0.615. The fourth-order valence-corrected chi connectivity index (χ4v) is 2.83. The molecule has 0 saturated carbocycles. The van der Waals surface area contributed by atoms with Gasteiger partial charge in [-0.2, -0.15) is 0 Å². The smallest absolute Gasteiger partial charge is 0.0957 e. The third kappa shape index (κ3) is 2.58. The second-order valence-electron chi connectivity index (χ2n) is 4.33. The van der Waals surface area contributed by atoms with E-state index in [1.54, 1.807) is 11.8 Å². The number of aromatic nitrogens is 1. The van der Waals surface area contributed by atoms with Gasteiger partial charge in [-0.05, 0) is 50.2 Å². The average Bonchev–Trinajstić information content (AvgIpc) is 2.78. The molecule has 0 spiro atoms. The van der Waals surface area contributed by atoms with Gasteiger partial charge in [-0.1, -0.05) is 13.0 Å². The zero-order valence-corrected chi connectivity index (χ0v) is 11.0. The average molecular weight is 236 g/mol. The molecule has 1 aliphatic rings. The van der Waals surface area contributed by atoms with Gasteiger partial charge in [-0.3, -0.25) is 4.90 Å². The van der Waals surface area contributed by atoms with Crippen molar-refractivity contribution in [2.75, 3.05) is 19.3 Å². The Labute approximate surface area is 102 Å². The van der Waals surface area contributed by atoms with E-state index in [-0.39, 0.29) is 0 Å². The van der Waals surface area contributed by atoms with Gasteiger partial charge in [0.2, 0.25) is 0 Å². The minimum atomic E-state index is 0.614. The molecule has 2 nitrogen and oxygen atoms in total. The number of pyridine rings is 1. The predicted molar refractivity (Wildman–Crippen MR) is 69.9 cm³/mol. The predicted octanol–water partition coefficient (Wildman–Crippen LogP) is 3.35. The quantitative estimate of drug-likeness (QED) is 0.746. The van der Waals surface area contributed by atoms with Crippen molar-refractivity contribution in [3.8, 4) is 0 Å². The van der Waals surface area contributed by atoms with Crippen molar-refractivity contribution in [3.05, 3.63) is 23.9 Å². The first kappa shape index (κ1) is 11.9. The molecule has 0 aliphatic carbocycles. The van der Waals surface area contributed by atoms with E-state index in [9.17, 15) is 0 Å². The summed E-state index contributed by atoms with van der Waals surface area (Å²) in [6.07, 6.45) is 7.99. The molecule has 0 aromatic carbocycles. The van der Waals surface area contributed by atoms with E-state index in [1.807, 2.05) is 0 Å². The van der Waals surface area contributed by atoms with Crippen LogP contribution in [0, 0.1) is 0 Å². The first-order valence-electron chi connectivity index (χ1n) is 6.09. The van der Waals surface area contributed by atoms with Crippen LogP contribution in [0.3, 0.4) is 0 Å². The second kappa shape index (κ2) is 5.69. The number of nitrogens with zero attached hydrogens (tertiary/aromatic N) is 2. The Hall–Kier alpha value is -0.540. The van der Waals surface area contributed by atoms with Crippen LogP contribution in [0.4, 0.5) is 0 Å². The van der Waals surface area contributed by atoms with Crippen molar-refractivity contribution in [2.24, 2.45) is 0 Å². The minimum absolute atomic E-state index is 0.614. The lowest BCUT2D eigenvalue weighted by molar-refractivity contribution is 0.257. The summed E-state index contributed by atoms with van der Waals surface area (Å²) in [6.45, 7) is 4.72. The van der Waals surface area contributed by atoms with Crippen LogP contribution in [0.5, 0.6) is 0 Å². The molecule has 1 saturated heterocycles. The molecule has 88 valence electrons. The molecular weight excluding hydrogens is 216 g/mol. The molecule has 2 heterocycles. The Morgan fingerprint density at radius 1 is 1.50 bits per heavy atom. The zero-order valence-electron chi connectivity index (χ0n) is 10.1. The van der Waals surface area contributed by atoms with Crippen LogP contribution in [-0.2, 0) is 0 Å². The highest BCUT2D eigenvalue weighted by Gasteiger charge is 2.25. The molecule has 0 N–H and O–H groups in total. The number of hydrogen-bond acceptors (Lipinski definition) is 3. The Bertz CT molecular complexity index is 323. The van der Waals surface area contributed by atoms with Gasteiger partial charge in [0.25, 0.3) is 0 Å². The summed E-state index contributed by atoms with van der Waals surface area (Å²) in [5, 5.41) is 1.11. The van der Waals surface area contributed by atoms with Gasteiger partial charge < -0.3 is 0 Å². The summed E-state index contributed by atoms with van der Waals surface area (Å²) >= 11 is 1.71. The highest BCUT2D eigenvalue weighted by Crippen LogP contribution is 2.31. The Balaban J connectivity index is 2.09. The van der Waals surface area contributed by atoms with E-state index in [2.05, 4.69) is 41.4 Å². The standard InChI is InChI=1S/C13H20N2S/c1-3-8-15-9-4-5-12(15)11-6-7-13(16-2)14-10-11/h6-7,10,12H,3-5,8-9H2,1-2H3/t12-/m1/s1. The molecule has 0 unspecified atom stereocenters. The monoisotopic (exact) mass is 236 g/mol. The SMILES string of the molecule is CCCN1CCC[C@@H]1c1ccc(SC)nc1. The topological polar surface area (TPSA) is 16.1 Å². The lowest BCUT2D eigenvalue weighted by atomic mass is 10.1. The molecule has 2 rings (SSSR count). The third-order valence-corrected chi connectivity index (χ3v) is 3.89. The molecule has 0 amide bonds. The molecule has 1 aliphatic heterocycles. The Kier molecular flexibility index (Phi) is 4.24. The third-order valence-electron chi connectivity index (χ3n) is 3.23. The van der Waals surface area contributed by atoms with Gasteiger partial charge in [0.15, 0.2) is 0 Å². The summed E-state index contributed by atoms with van der Waals surface area (Å²) in [6, 6.07) is 5.00. The van der Waals surface area contributed by atoms with Crippen molar-refractivity contribution >= 4 is 11.8 Å². The highest BCUT2D eigenvalue weighted by molar-refractivity contribution is 7.98. The molecule has 1 aromatic heterocycles. The maximum atomic E-state index is 4.47. The van der Waals surface area contributed by atoms with Crippen LogP contribution < -0.4 is 0 Å². The Morgan fingerprint density at radius 3 is 3.00 bits per heavy atom. The van der Waals surface area contributed by atoms with Gasteiger partial charge in [-0.25, -0.2) is 4.98 Å². The highest BCUT2D eigenvalue weighted by atomic mass is 32.2. The minimum Gasteiger partial charge on any atom is -0.296 e. The number of thioether (sulfide) groups is 1. The van der Waals surface area contributed by atoms with Crippen LogP contribution in [0.2, 0.25) is 0 Å². The molecule has 16 heavy (non-hydrogen) atoms. The van der Waals surface area contributed by atoms with Gasteiger partial charge in [-0.15, -0.1) is 11.8 Å². The van der Waals surface area contributed by atoms with Gasteiger partial charge >= 0.3 is 0 Å². The van der Waals surface area contributed by atoms with E-state index in [4.69, 9.17) is 0 Å². The maximum Gasteiger partial charge on any atom is 0.0957 e. The first-order valence-corrected chi connectivity index (χ1v) is 7.31. The molecule has 1 fully saturated rings. The van der Waals surface area contributed by atoms with E-state index >= 15 is 0 Å². The second-order valence-corrected chi connectivity index (χ2v) is 5.15. The normalized spacial score (nSPS) is 21.5. The van der Waals surface area contributed by atoms with Crippen molar-refractivity contribution < 1.29 is 0 Å². The molecular formula is C13H20N2S. The van der Waals surface area contributed by atoms with Crippen molar-refractivity contribution in [1.82, 2.24) is 9.88 Å². The van der Waals surface area contributed by atoms with Crippen LogP contribution >= 0.6 is 11.8 Å². The summed E-state index contributed by atoms with van der Waals surface area (Å²) < 4.78 is 0. The van der Waals surface area contributed by atoms with E-state index < -0.39 is 0 Å². The fourth-order valence-electron chi connectivity index (χ4n) is 2.47. The lowest BCUT2D eigenvalue weighted by Gasteiger charge is -2.23. The van der Waals surface area contributed by atoms with Crippen molar-refractivity contribution in [1.29, 1.82) is 0 Å². The van der Waals surface area contributed by atoms with E-state index in [1.165, 1.54) is 37.9 Å². The summed E-state index contributed by atoms with van der Waals surface area (Å²) in [7, 11) is 0. The number of rotatable bonds is 4. The van der Waals surface area contributed by atoms with Gasteiger partial charge in [0.05, 0.1) is 5.03 Å². The van der Waals surface area contributed by atoms with Crippen LogP contribution in [0.25, 0.3) is 0 Å². The van der Waals surface area contributed by atoms with Crippen molar-refractivity contribution in [3.63, 3.8) is 0 Å².